The first-order chi connectivity index (χ1) is 49.9. The molecule has 2 amide bonds. The Kier molecular flexibility index (Phi) is 33.8. The van der Waals surface area contributed by atoms with Gasteiger partial charge in [-0.2, -0.15) is 0 Å². The van der Waals surface area contributed by atoms with Gasteiger partial charge in [0.25, 0.3) is 0 Å². The van der Waals surface area contributed by atoms with E-state index in [0.29, 0.717) is 22.3 Å². The topological polar surface area (TPSA) is 117 Å². The maximum absolute atomic E-state index is 12.5. The van der Waals surface area contributed by atoms with Crippen LogP contribution in [-0.4, -0.2) is 64.9 Å². The molecule has 0 fully saturated rings. The number of ether oxygens (including phenoxy) is 6. The molecule has 0 saturated carbocycles. The van der Waals surface area contributed by atoms with Crippen LogP contribution in [0, 0.1) is 0 Å². The monoisotopic (exact) mass is 1590 g/mol. The molecule has 11 aromatic carbocycles. The summed E-state index contributed by atoms with van der Waals surface area (Å²) >= 11 is 28.0. The van der Waals surface area contributed by atoms with Gasteiger partial charge in [-0.05, 0) is 269 Å². The zero-order valence-corrected chi connectivity index (χ0v) is 66.8. The summed E-state index contributed by atoms with van der Waals surface area (Å²) in [7, 11) is 6.71. The highest BCUT2D eigenvalue weighted by atomic mass is 79.9. The maximum atomic E-state index is 12.5. The second kappa shape index (κ2) is 41.7. The molecule has 2 N–H and O–H groups in total. The van der Waals surface area contributed by atoms with Gasteiger partial charge < -0.3 is 33.7 Å². The predicted molar refractivity (Wildman–Crippen MR) is 451 cm³/mol. The number of hydrogen-bond acceptors (Lipinski definition) is 9. The third kappa shape index (κ3) is 26.4. The van der Waals surface area contributed by atoms with E-state index in [2.05, 4.69) is 106 Å². The molecule has 11 rings (SSSR count). The van der Waals surface area contributed by atoms with Crippen LogP contribution < -0.4 is 34.5 Å². The summed E-state index contributed by atoms with van der Waals surface area (Å²) in [5.41, 5.74) is 18.2. The van der Waals surface area contributed by atoms with Crippen LogP contribution in [-0.2, 0) is 34.1 Å². The lowest BCUT2D eigenvalue weighted by atomic mass is 9.98. The number of amides is 2. The fourth-order valence-electron chi connectivity index (χ4n) is 11.3. The maximum Gasteiger partial charge on any atom is 0.414 e. The van der Waals surface area contributed by atoms with Crippen molar-refractivity contribution >= 4 is 104 Å². The van der Waals surface area contributed by atoms with Crippen molar-refractivity contribution in [3.63, 3.8) is 0 Å². The predicted octanol–water partition coefficient (Wildman–Crippen LogP) is 26.3. The lowest BCUT2D eigenvalue weighted by molar-refractivity contribution is 0.0580. The Morgan fingerprint density at radius 3 is 0.991 bits per heavy atom. The number of anilines is 3. The van der Waals surface area contributed by atoms with E-state index < -0.39 is 17.3 Å². The zero-order valence-electron chi connectivity index (χ0n) is 61.3. The number of rotatable bonds is 20. The van der Waals surface area contributed by atoms with Gasteiger partial charge in [0.15, 0.2) is 0 Å². The van der Waals surface area contributed by atoms with Gasteiger partial charge in [0.1, 0.15) is 34.2 Å². The molecule has 0 atom stereocenters. The van der Waals surface area contributed by atoms with Crippen molar-refractivity contribution in [3.05, 3.63) is 302 Å². The average Bonchev–Trinajstić information content (AvgIpc) is 0.835. The number of methoxy groups -OCH3 is 4. The molecule has 0 unspecified atom stereocenters. The Labute approximate surface area is 662 Å². The molecule has 106 heavy (non-hydrogen) atoms. The first-order valence-corrected chi connectivity index (χ1v) is 36.8. The van der Waals surface area contributed by atoms with Crippen LogP contribution in [0.5, 0.6) is 23.0 Å². The SMILES string of the molecule is C.CCN(C(=O)OC(C)(C)C)c1ccc(Cc2ccc(OC)c(-c3cccc(Cl)c3)c2)cc1.CCNc1ccc(Cc2ccc(OC)c(-c3cccc(Cl)c3)c2)cc1.COc1ccc(CBr)cc1-c1cccc(Cl)c1.COc1ccc(Cc2ccc(NC(=O)OC(C)(C)C)cc2)cc1-c1cccc(Cl)c1.Cl. The van der Waals surface area contributed by atoms with Gasteiger partial charge in [-0.3, -0.25) is 10.2 Å². The minimum atomic E-state index is -0.529. The smallest absolute Gasteiger partial charge is 0.414 e. The molecule has 0 aliphatic carbocycles. The average molecular weight is 1590 g/mol. The van der Waals surface area contributed by atoms with Crippen molar-refractivity contribution in [1.82, 2.24) is 0 Å². The van der Waals surface area contributed by atoms with Gasteiger partial charge in [-0.25, -0.2) is 9.59 Å². The molecule has 0 spiro atoms. The van der Waals surface area contributed by atoms with E-state index in [1.807, 2.05) is 218 Å². The number of nitrogens with one attached hydrogen (secondary N) is 2. The van der Waals surface area contributed by atoms with E-state index in [-0.39, 0.29) is 25.9 Å². The summed E-state index contributed by atoms with van der Waals surface area (Å²) in [5.74, 6) is 3.32. The van der Waals surface area contributed by atoms with Crippen molar-refractivity contribution in [2.24, 2.45) is 0 Å². The minimum absolute atomic E-state index is 0. The highest BCUT2D eigenvalue weighted by Crippen LogP contribution is 2.38. The molecule has 0 aliphatic rings. The molecule has 0 heterocycles. The summed E-state index contributed by atoms with van der Waals surface area (Å²) in [6.07, 6.45) is 1.59. The minimum Gasteiger partial charge on any atom is -0.496 e. The fraction of sp³-hybridized carbons (Fsp3) is 0.236. The Balaban J connectivity index is 0.000000225. The zero-order chi connectivity index (χ0) is 74.9. The van der Waals surface area contributed by atoms with Crippen molar-refractivity contribution in [1.29, 1.82) is 0 Å². The number of alkyl halides is 1. The second-order valence-electron chi connectivity index (χ2n) is 26.3. The number of hydrogen-bond donors (Lipinski definition) is 2. The number of carbonyl (C=O) groups is 2. The van der Waals surface area contributed by atoms with Crippen LogP contribution in [0.4, 0.5) is 26.7 Å². The lowest BCUT2D eigenvalue weighted by Gasteiger charge is -2.26. The normalized spacial score (nSPS) is 10.7. The molecular weight excluding hydrogens is 1500 g/mol. The van der Waals surface area contributed by atoms with Crippen LogP contribution in [0.2, 0.25) is 20.1 Å². The third-order valence-corrected chi connectivity index (χ3v) is 17.7. The third-order valence-electron chi connectivity index (χ3n) is 16.1. The molecule has 17 heteroatoms. The van der Waals surface area contributed by atoms with Crippen molar-refractivity contribution < 1.29 is 38.0 Å². The van der Waals surface area contributed by atoms with Gasteiger partial charge in [0.2, 0.25) is 0 Å². The van der Waals surface area contributed by atoms with Crippen molar-refractivity contribution in [2.75, 3.05) is 57.1 Å². The number of carbonyl (C=O) groups excluding carboxylic acids is 2. The van der Waals surface area contributed by atoms with Gasteiger partial charge in [0, 0.05) is 77.8 Å². The standard InChI is InChI=1S/C27H30ClNO3.C25H26ClNO3.C22H22ClNO.C14H12BrClO.CH4.ClH/c1-6-29(26(30)32-27(2,3)4)23-13-10-19(11-14-23)16-20-12-15-25(31-5)24(17-20)21-8-7-9-22(28)18-21;1-25(2,3)30-24(28)27-21-11-8-17(9-12-21)14-18-10-13-23(29-4)22(15-18)19-6-5-7-20(26)16-19;1-3-24-20-10-7-16(8-11-20)13-17-9-12-22(25-2)21(14-17)18-5-4-6-19(23)15-18;1-17-14-6-5-10(9-15)7-13(14)11-3-2-4-12(16)8-11;;/h7-15,17-18H,6,16H2,1-5H3;5-13,15-16H,14H2,1-4H3,(H,27,28);4-12,14-15,24H,3,13H2,1-2H3;2-8H,9H2,1H3;1H4;1H. The van der Waals surface area contributed by atoms with Crippen LogP contribution in [0.1, 0.15) is 102 Å². The van der Waals surface area contributed by atoms with Gasteiger partial charge in [-0.1, -0.05) is 179 Å². The molecule has 0 bridgehead atoms. The van der Waals surface area contributed by atoms with Gasteiger partial charge >= 0.3 is 12.2 Å². The van der Waals surface area contributed by atoms with Gasteiger partial charge in [-0.15, -0.1) is 12.4 Å². The fourth-order valence-corrected chi connectivity index (χ4v) is 12.4. The van der Waals surface area contributed by atoms with Crippen LogP contribution >= 0.6 is 74.7 Å². The quantitative estimate of drug-likeness (QED) is 0.0720. The highest BCUT2D eigenvalue weighted by molar-refractivity contribution is 9.08. The second-order valence-corrected chi connectivity index (χ2v) is 28.6. The van der Waals surface area contributed by atoms with Crippen molar-refractivity contribution in [3.8, 4) is 67.5 Å². The molecular formula is C89H95BrCl5N3O8. The Hall–Kier alpha value is -9.11. The van der Waals surface area contributed by atoms with Gasteiger partial charge in [0.05, 0.1) is 28.4 Å². The van der Waals surface area contributed by atoms with E-state index >= 15 is 0 Å². The van der Waals surface area contributed by atoms with E-state index in [0.717, 1.165) is 142 Å². The molecule has 0 aromatic heterocycles. The summed E-state index contributed by atoms with van der Waals surface area (Å²) in [5, 5.41) is 9.73. The first-order valence-electron chi connectivity index (χ1n) is 34.2. The van der Waals surface area contributed by atoms with E-state index in [1.165, 1.54) is 16.7 Å². The summed E-state index contributed by atoms with van der Waals surface area (Å²) in [4.78, 5) is 26.0. The number of nitrogens with zero attached hydrogens (tertiary/aromatic N) is 1. The summed E-state index contributed by atoms with van der Waals surface area (Å²) < 4.78 is 32.8. The summed E-state index contributed by atoms with van der Waals surface area (Å²) in [6, 6.07) is 80.3. The van der Waals surface area contributed by atoms with E-state index in [1.54, 1.807) is 33.3 Å². The lowest BCUT2D eigenvalue weighted by Crippen LogP contribution is -2.36. The molecule has 0 aliphatic heterocycles. The molecule has 0 radical (unpaired) electrons. The number of benzene rings is 11. The molecule has 556 valence electrons. The molecule has 11 aromatic rings. The summed E-state index contributed by atoms with van der Waals surface area (Å²) in [6.45, 7) is 16.6. The molecule has 11 nitrogen and oxygen atoms in total. The number of halogens is 6. The highest BCUT2D eigenvalue weighted by Gasteiger charge is 2.23. The van der Waals surface area contributed by atoms with Crippen LogP contribution in [0.25, 0.3) is 44.5 Å². The molecule has 0 saturated heterocycles. The van der Waals surface area contributed by atoms with Crippen LogP contribution in [0.3, 0.4) is 0 Å². The largest absolute Gasteiger partial charge is 0.496 e. The Morgan fingerprint density at radius 1 is 0.396 bits per heavy atom. The van der Waals surface area contributed by atoms with Crippen LogP contribution in [0.15, 0.2) is 243 Å². The van der Waals surface area contributed by atoms with Crippen molar-refractivity contribution in [2.45, 2.75) is 98.6 Å². The first kappa shape index (κ1) is 85.8. The van der Waals surface area contributed by atoms with E-state index in [9.17, 15) is 9.59 Å². The Morgan fingerprint density at radius 2 is 0.698 bits per heavy atom. The van der Waals surface area contributed by atoms with E-state index in [4.69, 9.17) is 74.8 Å². The Bertz CT molecular complexity index is 4620.